The summed E-state index contributed by atoms with van der Waals surface area (Å²) in [5, 5.41) is 2.42. The monoisotopic (exact) mass is 461 g/mol. The Hall–Kier alpha value is -2.69. The van der Waals surface area contributed by atoms with Gasteiger partial charge in [-0.2, -0.15) is 0 Å². The predicted octanol–water partition coefficient (Wildman–Crippen LogP) is 3.40. The Morgan fingerprint density at radius 3 is 2.75 bits per heavy atom. The molecule has 0 saturated carbocycles. The minimum absolute atomic E-state index is 0.198. The summed E-state index contributed by atoms with van der Waals surface area (Å²) in [5.74, 6) is -0.0976. The standard InChI is InChI=1S/C22H28FN5O3S/c1-21(2)20(24)28-22(3,18-9-10-26-32(18,21)30)15-11-13(5-7-16(15)23)27-19(29)17-8-6-14(31-4)12-25-17/h5-8,11-12,18,26,30H,9-10H2,1-4H3,(H2,24,28)(H,27,29)/t18-,22+/m0/s1. The molecule has 3 atom stereocenters. The van der Waals surface area contributed by atoms with Crippen molar-refractivity contribution in [1.82, 2.24) is 9.71 Å². The number of anilines is 1. The van der Waals surface area contributed by atoms with Crippen LogP contribution in [0, 0.1) is 5.82 Å². The summed E-state index contributed by atoms with van der Waals surface area (Å²) in [6.07, 6.45) is 2.08. The minimum atomic E-state index is -2.41. The molecule has 2 aliphatic heterocycles. The highest BCUT2D eigenvalue weighted by Crippen LogP contribution is 2.67. The summed E-state index contributed by atoms with van der Waals surface area (Å²) in [4.78, 5) is 21.4. The number of hydrogen-bond acceptors (Lipinski definition) is 7. The van der Waals surface area contributed by atoms with E-state index in [4.69, 9.17) is 15.5 Å². The quantitative estimate of drug-likeness (QED) is 0.554. The van der Waals surface area contributed by atoms with Crippen LogP contribution in [0.4, 0.5) is 10.1 Å². The molecule has 0 bridgehead atoms. The zero-order valence-corrected chi connectivity index (χ0v) is 19.3. The Kier molecular flexibility index (Phi) is 5.43. The highest BCUT2D eigenvalue weighted by molar-refractivity contribution is 8.29. The summed E-state index contributed by atoms with van der Waals surface area (Å²) in [6.45, 7) is 6.11. The van der Waals surface area contributed by atoms with E-state index >= 15 is 4.39 Å². The molecule has 4 rings (SSSR count). The van der Waals surface area contributed by atoms with Crippen LogP contribution < -0.4 is 20.5 Å². The van der Waals surface area contributed by atoms with Gasteiger partial charge in [0.1, 0.15) is 28.6 Å². The van der Waals surface area contributed by atoms with Gasteiger partial charge in [0.25, 0.3) is 5.91 Å². The average Bonchev–Trinajstić information content (AvgIpc) is 3.18. The van der Waals surface area contributed by atoms with Gasteiger partial charge >= 0.3 is 0 Å². The molecule has 8 nitrogen and oxygen atoms in total. The van der Waals surface area contributed by atoms with Crippen molar-refractivity contribution in [1.29, 1.82) is 0 Å². The van der Waals surface area contributed by atoms with Crippen molar-refractivity contribution in [2.45, 2.75) is 42.7 Å². The van der Waals surface area contributed by atoms with Gasteiger partial charge in [-0.15, -0.1) is 0 Å². The summed E-state index contributed by atoms with van der Waals surface area (Å²) < 4.78 is 34.3. The third-order valence-corrected chi connectivity index (χ3v) is 10.4. The molecule has 2 aromatic rings. The van der Waals surface area contributed by atoms with Crippen LogP contribution in [-0.4, -0.2) is 44.9 Å². The number of rotatable bonds is 4. The number of pyridine rings is 1. The van der Waals surface area contributed by atoms with Gasteiger partial charge in [-0.25, -0.2) is 9.37 Å². The van der Waals surface area contributed by atoms with Crippen LogP contribution in [0.2, 0.25) is 0 Å². The van der Waals surface area contributed by atoms with Gasteiger partial charge in [0, 0.05) is 17.8 Å². The molecule has 1 saturated heterocycles. The highest BCUT2D eigenvalue weighted by atomic mass is 32.3. The molecule has 172 valence electrons. The molecular formula is C22H28FN5O3S. The van der Waals surface area contributed by atoms with Crippen molar-refractivity contribution in [2.75, 3.05) is 19.0 Å². The van der Waals surface area contributed by atoms with Gasteiger partial charge in [-0.3, -0.25) is 14.5 Å². The number of carbonyl (C=O) groups is 1. The summed E-state index contributed by atoms with van der Waals surface area (Å²) in [7, 11) is -0.897. The van der Waals surface area contributed by atoms with Crippen LogP contribution in [0.25, 0.3) is 0 Å². The number of amides is 1. The molecule has 0 radical (unpaired) electrons. The topological polar surface area (TPSA) is 122 Å². The zero-order chi connectivity index (χ0) is 23.3. The Morgan fingerprint density at radius 2 is 2.09 bits per heavy atom. The van der Waals surface area contributed by atoms with Gasteiger partial charge in [0.15, 0.2) is 0 Å². The molecule has 5 N–H and O–H groups in total. The third-order valence-electron chi connectivity index (χ3n) is 6.49. The largest absolute Gasteiger partial charge is 0.495 e. The number of nitrogens with one attached hydrogen (secondary N) is 2. The first kappa shape index (κ1) is 22.5. The summed E-state index contributed by atoms with van der Waals surface area (Å²) >= 11 is 0. The van der Waals surface area contributed by atoms with Crippen molar-refractivity contribution in [3.8, 4) is 5.75 Å². The first-order valence-electron chi connectivity index (χ1n) is 10.3. The molecule has 0 aliphatic carbocycles. The van der Waals surface area contributed by atoms with Gasteiger partial charge in [0.05, 0.1) is 23.3 Å². The van der Waals surface area contributed by atoms with E-state index in [0.717, 1.165) is 0 Å². The fourth-order valence-corrected chi connectivity index (χ4v) is 7.81. The van der Waals surface area contributed by atoms with Crippen LogP contribution >= 0.6 is 10.5 Å². The van der Waals surface area contributed by atoms with Crippen molar-refractivity contribution < 1.29 is 18.5 Å². The number of aliphatic imine (C=N–C) groups is 1. The maximum atomic E-state index is 15.1. The smallest absolute Gasteiger partial charge is 0.274 e. The number of ether oxygens (including phenoxy) is 1. The summed E-state index contributed by atoms with van der Waals surface area (Å²) in [6, 6.07) is 7.51. The molecule has 32 heavy (non-hydrogen) atoms. The number of hydrogen-bond donors (Lipinski definition) is 4. The molecule has 10 heteroatoms. The average molecular weight is 462 g/mol. The molecule has 1 fully saturated rings. The van der Waals surface area contributed by atoms with E-state index in [-0.39, 0.29) is 22.3 Å². The number of fused-ring (bicyclic) bond motifs is 1. The Balaban J connectivity index is 1.71. The van der Waals surface area contributed by atoms with E-state index in [0.29, 0.717) is 24.4 Å². The van der Waals surface area contributed by atoms with E-state index in [1.807, 2.05) is 13.8 Å². The zero-order valence-electron chi connectivity index (χ0n) is 18.5. The van der Waals surface area contributed by atoms with Crippen LogP contribution in [0.15, 0.2) is 41.5 Å². The number of nitrogens with zero attached hydrogens (tertiary/aromatic N) is 2. The van der Waals surface area contributed by atoms with Gasteiger partial charge in [0.2, 0.25) is 0 Å². The van der Waals surface area contributed by atoms with Crippen LogP contribution in [0.1, 0.15) is 43.2 Å². The molecule has 1 unspecified atom stereocenters. The predicted molar refractivity (Wildman–Crippen MR) is 125 cm³/mol. The molecule has 3 heterocycles. The number of carbonyl (C=O) groups excluding carboxylic acids is 1. The number of benzene rings is 1. The Labute approximate surface area is 188 Å². The molecule has 1 aromatic heterocycles. The number of methoxy groups -OCH3 is 1. The highest BCUT2D eigenvalue weighted by Gasteiger charge is 2.60. The van der Waals surface area contributed by atoms with Crippen LogP contribution in [0.3, 0.4) is 0 Å². The molecule has 2 aliphatic rings. The van der Waals surface area contributed by atoms with Gasteiger partial charge in [-0.1, -0.05) is 10.5 Å². The van der Waals surface area contributed by atoms with Crippen LogP contribution in [0.5, 0.6) is 5.75 Å². The lowest BCUT2D eigenvalue weighted by atomic mass is 9.85. The van der Waals surface area contributed by atoms with Crippen molar-refractivity contribution >= 4 is 27.9 Å². The molecule has 1 aromatic carbocycles. The van der Waals surface area contributed by atoms with Crippen molar-refractivity contribution in [2.24, 2.45) is 10.7 Å². The normalized spacial score (nSPS) is 30.6. The lowest BCUT2D eigenvalue weighted by Gasteiger charge is -2.56. The minimum Gasteiger partial charge on any atom is -0.495 e. The lowest BCUT2D eigenvalue weighted by molar-refractivity contribution is 0.102. The first-order chi connectivity index (χ1) is 15.0. The van der Waals surface area contributed by atoms with E-state index in [2.05, 4.69) is 15.0 Å². The van der Waals surface area contributed by atoms with E-state index in [1.165, 1.54) is 25.4 Å². The number of aromatic nitrogens is 1. The lowest BCUT2D eigenvalue weighted by Crippen LogP contribution is -2.57. The fraction of sp³-hybridized carbons (Fsp3) is 0.409. The first-order valence-corrected chi connectivity index (χ1v) is 11.9. The molecular weight excluding hydrogens is 433 g/mol. The maximum Gasteiger partial charge on any atom is 0.274 e. The maximum absolute atomic E-state index is 15.1. The van der Waals surface area contributed by atoms with E-state index in [9.17, 15) is 9.35 Å². The second-order valence-corrected chi connectivity index (χ2v) is 11.8. The van der Waals surface area contributed by atoms with Crippen LogP contribution in [-0.2, 0) is 5.54 Å². The third kappa shape index (κ3) is 3.33. The fourth-order valence-electron chi connectivity index (χ4n) is 4.44. The Bertz CT molecular complexity index is 1090. The summed E-state index contributed by atoms with van der Waals surface area (Å²) in [5.41, 5.74) is 6.08. The number of amidine groups is 1. The SMILES string of the molecule is COc1ccc(C(=O)Nc2ccc(F)c([C@@]3(C)N=C(N)C(C)(C)S4(O)NCC[C@@H]34)c2)nc1. The molecule has 0 spiro atoms. The van der Waals surface area contributed by atoms with Crippen molar-refractivity contribution in [3.63, 3.8) is 0 Å². The van der Waals surface area contributed by atoms with Gasteiger partial charge in [-0.05, 0) is 57.5 Å². The number of nitrogens with two attached hydrogens (primary N) is 1. The van der Waals surface area contributed by atoms with Gasteiger partial charge < -0.3 is 20.3 Å². The Morgan fingerprint density at radius 1 is 1.34 bits per heavy atom. The second kappa shape index (κ2) is 7.72. The number of halogens is 1. The molecule has 1 amide bonds. The van der Waals surface area contributed by atoms with Crippen molar-refractivity contribution in [3.05, 3.63) is 53.6 Å². The van der Waals surface area contributed by atoms with E-state index < -0.39 is 32.5 Å². The second-order valence-electron chi connectivity index (χ2n) is 8.68. The van der Waals surface area contributed by atoms with E-state index in [1.54, 1.807) is 25.1 Å².